The first-order valence-electron chi connectivity index (χ1n) is 5.60. The fourth-order valence-corrected chi connectivity index (χ4v) is 1.08. The maximum Gasteiger partial charge on any atom is 0.411 e. The van der Waals surface area contributed by atoms with Gasteiger partial charge in [0.05, 0.1) is 13.2 Å². The summed E-state index contributed by atoms with van der Waals surface area (Å²) in [5.41, 5.74) is 0. The molecule has 0 spiro atoms. The van der Waals surface area contributed by atoms with Crippen LogP contribution in [0.15, 0.2) is 0 Å². The Labute approximate surface area is 99.1 Å². The molecule has 0 amide bonds. The molecule has 0 atom stereocenters. The van der Waals surface area contributed by atoms with Gasteiger partial charge in [0, 0.05) is 13.2 Å². The van der Waals surface area contributed by atoms with Gasteiger partial charge in [-0.05, 0) is 25.9 Å². The molecule has 0 unspecified atom stereocenters. The molecule has 2 N–H and O–H groups in total. The van der Waals surface area contributed by atoms with E-state index in [1.165, 1.54) is 0 Å². The number of ether oxygens (including phenoxy) is 2. The van der Waals surface area contributed by atoms with Crippen LogP contribution in [0.1, 0.15) is 12.8 Å². The molecular weight excluding hydrogens is 239 g/mol. The second-order valence-electron chi connectivity index (χ2n) is 3.46. The van der Waals surface area contributed by atoms with Gasteiger partial charge in [-0.2, -0.15) is 13.2 Å². The second kappa shape index (κ2) is 10.8. The van der Waals surface area contributed by atoms with Crippen LogP contribution in [0.3, 0.4) is 0 Å². The van der Waals surface area contributed by atoms with Gasteiger partial charge in [-0.3, -0.25) is 0 Å². The van der Waals surface area contributed by atoms with Crippen LogP contribution in [0.4, 0.5) is 13.2 Å². The summed E-state index contributed by atoms with van der Waals surface area (Å²) in [6, 6.07) is 0. The number of halogens is 3. The van der Waals surface area contributed by atoms with Crippen LogP contribution in [-0.2, 0) is 9.47 Å². The second-order valence-corrected chi connectivity index (χ2v) is 3.46. The van der Waals surface area contributed by atoms with Crippen molar-refractivity contribution < 1.29 is 27.8 Å². The molecule has 0 bridgehead atoms. The van der Waals surface area contributed by atoms with E-state index in [2.05, 4.69) is 10.1 Å². The Balaban J connectivity index is 2.99. The van der Waals surface area contributed by atoms with Crippen molar-refractivity contribution in [3.8, 4) is 0 Å². The SMILES string of the molecule is OCCOCCCNCCCOCC(F)(F)F. The molecular formula is C10H20F3NO3. The number of rotatable bonds is 11. The van der Waals surface area contributed by atoms with Gasteiger partial charge in [0.25, 0.3) is 0 Å². The third-order valence-electron chi connectivity index (χ3n) is 1.79. The van der Waals surface area contributed by atoms with E-state index in [1.807, 2.05) is 0 Å². The third-order valence-corrected chi connectivity index (χ3v) is 1.79. The van der Waals surface area contributed by atoms with Crippen LogP contribution in [-0.4, -0.2) is 57.4 Å². The number of nitrogens with one attached hydrogen (secondary N) is 1. The monoisotopic (exact) mass is 259 g/mol. The minimum Gasteiger partial charge on any atom is -0.394 e. The van der Waals surface area contributed by atoms with Crippen molar-refractivity contribution in [2.45, 2.75) is 19.0 Å². The average Bonchev–Trinajstić information content (AvgIpc) is 2.24. The molecule has 0 aliphatic rings. The van der Waals surface area contributed by atoms with E-state index in [9.17, 15) is 13.2 Å². The predicted octanol–water partition coefficient (Wildman–Crippen LogP) is 0.944. The summed E-state index contributed by atoms with van der Waals surface area (Å²) < 4.78 is 44.4. The Hall–Kier alpha value is -0.370. The molecule has 0 aromatic rings. The topological polar surface area (TPSA) is 50.7 Å². The first kappa shape index (κ1) is 16.6. The Morgan fingerprint density at radius 2 is 1.53 bits per heavy atom. The quantitative estimate of drug-likeness (QED) is 0.542. The number of aliphatic hydroxyl groups is 1. The molecule has 0 aromatic carbocycles. The van der Waals surface area contributed by atoms with Crippen LogP contribution in [0, 0.1) is 0 Å². The first-order chi connectivity index (χ1) is 8.06. The fraction of sp³-hybridized carbons (Fsp3) is 1.00. The Morgan fingerprint density at radius 1 is 0.941 bits per heavy atom. The lowest BCUT2D eigenvalue weighted by Gasteiger charge is -2.08. The zero-order valence-electron chi connectivity index (χ0n) is 9.76. The van der Waals surface area contributed by atoms with Gasteiger partial charge in [0.2, 0.25) is 0 Å². The van der Waals surface area contributed by atoms with Crippen LogP contribution < -0.4 is 5.32 Å². The number of hydrogen-bond donors (Lipinski definition) is 2. The highest BCUT2D eigenvalue weighted by Crippen LogP contribution is 2.14. The average molecular weight is 259 g/mol. The lowest BCUT2D eigenvalue weighted by atomic mass is 10.4. The van der Waals surface area contributed by atoms with Crippen molar-refractivity contribution in [3.63, 3.8) is 0 Å². The summed E-state index contributed by atoms with van der Waals surface area (Å²) in [7, 11) is 0. The summed E-state index contributed by atoms with van der Waals surface area (Å²) in [6.07, 6.45) is -2.88. The van der Waals surface area contributed by atoms with E-state index in [0.29, 0.717) is 26.2 Å². The van der Waals surface area contributed by atoms with Gasteiger partial charge in [-0.15, -0.1) is 0 Å². The Kier molecular flexibility index (Phi) is 10.5. The largest absolute Gasteiger partial charge is 0.411 e. The van der Waals surface area contributed by atoms with Crippen molar-refractivity contribution in [2.24, 2.45) is 0 Å². The molecule has 0 aliphatic heterocycles. The maximum atomic E-state index is 11.7. The van der Waals surface area contributed by atoms with E-state index in [1.54, 1.807) is 0 Å². The molecule has 0 radical (unpaired) electrons. The van der Waals surface area contributed by atoms with Gasteiger partial charge >= 0.3 is 6.18 Å². The highest BCUT2D eigenvalue weighted by molar-refractivity contribution is 4.49. The highest BCUT2D eigenvalue weighted by atomic mass is 19.4. The van der Waals surface area contributed by atoms with Crippen molar-refractivity contribution in [1.29, 1.82) is 0 Å². The van der Waals surface area contributed by atoms with Crippen molar-refractivity contribution >= 4 is 0 Å². The van der Waals surface area contributed by atoms with Gasteiger partial charge in [-0.25, -0.2) is 0 Å². The molecule has 4 nitrogen and oxygen atoms in total. The van der Waals surface area contributed by atoms with Gasteiger partial charge < -0.3 is 19.9 Å². The minimum absolute atomic E-state index is 0.0178. The molecule has 0 aromatic heterocycles. The first-order valence-corrected chi connectivity index (χ1v) is 5.60. The summed E-state index contributed by atoms with van der Waals surface area (Å²) in [6.45, 7) is 1.21. The summed E-state index contributed by atoms with van der Waals surface area (Å²) in [5, 5.41) is 11.5. The molecule has 0 heterocycles. The smallest absolute Gasteiger partial charge is 0.394 e. The maximum absolute atomic E-state index is 11.7. The summed E-state index contributed by atoms with van der Waals surface area (Å²) in [5.74, 6) is 0. The molecule has 0 aliphatic carbocycles. The lowest BCUT2D eigenvalue weighted by molar-refractivity contribution is -0.173. The van der Waals surface area contributed by atoms with Gasteiger partial charge in [0.1, 0.15) is 6.61 Å². The van der Waals surface area contributed by atoms with E-state index in [-0.39, 0.29) is 13.2 Å². The molecule has 104 valence electrons. The molecule has 7 heteroatoms. The van der Waals surface area contributed by atoms with Crippen LogP contribution in [0.25, 0.3) is 0 Å². The highest BCUT2D eigenvalue weighted by Gasteiger charge is 2.26. The predicted molar refractivity (Wildman–Crippen MR) is 56.9 cm³/mol. The van der Waals surface area contributed by atoms with E-state index in [0.717, 1.165) is 13.0 Å². The standard InChI is InChI=1S/C10H20F3NO3/c11-10(12,13)9-17-7-2-4-14-3-1-6-16-8-5-15/h14-15H,1-9H2. The fourth-order valence-electron chi connectivity index (χ4n) is 1.08. The van der Waals surface area contributed by atoms with Crippen molar-refractivity contribution in [2.75, 3.05) is 46.1 Å². The van der Waals surface area contributed by atoms with Crippen LogP contribution >= 0.6 is 0 Å². The molecule has 0 rings (SSSR count). The van der Waals surface area contributed by atoms with E-state index in [4.69, 9.17) is 9.84 Å². The Bertz CT molecular complexity index is 167. The zero-order chi connectivity index (χ0) is 13.0. The number of hydrogen-bond acceptors (Lipinski definition) is 4. The van der Waals surface area contributed by atoms with E-state index < -0.39 is 12.8 Å². The van der Waals surface area contributed by atoms with Crippen molar-refractivity contribution in [3.05, 3.63) is 0 Å². The van der Waals surface area contributed by atoms with Gasteiger partial charge in [-0.1, -0.05) is 0 Å². The van der Waals surface area contributed by atoms with Gasteiger partial charge in [0.15, 0.2) is 0 Å². The van der Waals surface area contributed by atoms with Crippen molar-refractivity contribution in [1.82, 2.24) is 5.32 Å². The van der Waals surface area contributed by atoms with Crippen LogP contribution in [0.5, 0.6) is 0 Å². The third kappa shape index (κ3) is 15.6. The Morgan fingerprint density at radius 3 is 2.06 bits per heavy atom. The minimum atomic E-state index is -4.24. The van der Waals surface area contributed by atoms with E-state index >= 15 is 0 Å². The lowest BCUT2D eigenvalue weighted by Crippen LogP contribution is -2.21. The van der Waals surface area contributed by atoms with Crippen LogP contribution in [0.2, 0.25) is 0 Å². The summed E-state index contributed by atoms with van der Waals surface area (Å²) in [4.78, 5) is 0. The molecule has 17 heavy (non-hydrogen) atoms. The molecule has 0 saturated heterocycles. The normalized spacial score (nSPS) is 12.0. The number of alkyl halides is 3. The number of aliphatic hydroxyl groups excluding tert-OH is 1. The summed E-state index contributed by atoms with van der Waals surface area (Å²) >= 11 is 0. The molecule has 0 saturated carbocycles. The zero-order valence-corrected chi connectivity index (χ0v) is 9.76. The molecule has 0 fully saturated rings.